The van der Waals surface area contributed by atoms with Crippen molar-refractivity contribution in [1.29, 1.82) is 0 Å². The third kappa shape index (κ3) is 17.5. The van der Waals surface area contributed by atoms with E-state index in [4.69, 9.17) is 9.05 Å². The Kier molecular flexibility index (Phi) is 17.3. The predicted molar refractivity (Wildman–Crippen MR) is 134 cm³/mol. The van der Waals surface area contributed by atoms with E-state index in [2.05, 4.69) is 21.0 Å². The molecule has 1 aliphatic rings. The molecule has 0 amide bonds. The average molecular weight is 476 g/mol. The molecule has 0 bridgehead atoms. The van der Waals surface area contributed by atoms with E-state index in [0.29, 0.717) is 0 Å². The van der Waals surface area contributed by atoms with E-state index < -0.39 is 7.82 Å². The normalized spacial score (nSPS) is 18.6. The number of hydrogen-bond donors (Lipinski definition) is 0. The van der Waals surface area contributed by atoms with Crippen molar-refractivity contribution >= 4 is 7.82 Å². The summed E-state index contributed by atoms with van der Waals surface area (Å²) < 4.78 is 23.3. The lowest BCUT2D eigenvalue weighted by molar-refractivity contribution is -0.896. The van der Waals surface area contributed by atoms with Gasteiger partial charge in [0.15, 0.2) is 0 Å². The number of phosphoric acid groups is 1. The van der Waals surface area contributed by atoms with E-state index >= 15 is 0 Å². The topological polar surface area (TPSA) is 58.6 Å². The number of rotatable bonds is 21. The summed E-state index contributed by atoms with van der Waals surface area (Å²) in [6.07, 6.45) is 23.7. The van der Waals surface area contributed by atoms with Crippen molar-refractivity contribution in [3.05, 3.63) is 0 Å². The molecule has 0 saturated carbocycles. The van der Waals surface area contributed by atoms with Crippen LogP contribution in [0.3, 0.4) is 0 Å². The van der Waals surface area contributed by atoms with Crippen molar-refractivity contribution in [1.82, 2.24) is 0 Å². The van der Waals surface area contributed by atoms with Gasteiger partial charge < -0.3 is 18.4 Å². The molecule has 1 atom stereocenters. The Bertz CT molecular complexity index is 476. The summed E-state index contributed by atoms with van der Waals surface area (Å²) in [6, 6.07) is 0. The van der Waals surface area contributed by atoms with Crippen molar-refractivity contribution < 1.29 is 23.0 Å². The maximum Gasteiger partial charge on any atom is 0.268 e. The Morgan fingerprint density at radius 1 is 0.719 bits per heavy atom. The molecule has 1 unspecified atom stereocenters. The molecule has 6 heteroatoms. The molecule has 1 saturated heterocycles. The molecule has 192 valence electrons. The molecular weight excluding hydrogens is 421 g/mol. The first kappa shape index (κ1) is 30.1. The number of phosphoric ester groups is 1. The van der Waals surface area contributed by atoms with Gasteiger partial charge in [0.25, 0.3) is 7.82 Å². The quantitative estimate of drug-likeness (QED) is 0.0987. The van der Waals surface area contributed by atoms with Crippen LogP contribution in [0.25, 0.3) is 0 Å². The van der Waals surface area contributed by atoms with Gasteiger partial charge in [-0.3, -0.25) is 4.57 Å². The number of hydrogen-bond acceptors (Lipinski definition) is 4. The smallest absolute Gasteiger partial charge is 0.268 e. The number of unbranched alkanes of at least 4 members (excludes halogenated alkanes) is 16. The van der Waals surface area contributed by atoms with E-state index in [1.807, 2.05) is 0 Å². The molecule has 1 rings (SSSR count). The second-order valence-electron chi connectivity index (χ2n) is 10.6. The molecule has 0 spiro atoms. The average Bonchev–Trinajstić information content (AvgIpc) is 2.74. The van der Waals surface area contributed by atoms with Crippen LogP contribution in [0, 0.1) is 0 Å². The number of piperidine rings is 1. The second-order valence-corrected chi connectivity index (χ2v) is 12.0. The SMILES string of the molecule is CCCCCCCCCCCCCCCCCCCOP(=O)([O-])OC1CC[N+](C)(C)CC1. The highest BCUT2D eigenvalue weighted by molar-refractivity contribution is 7.45. The van der Waals surface area contributed by atoms with Gasteiger partial charge in [-0.05, 0) is 6.42 Å². The van der Waals surface area contributed by atoms with Crippen LogP contribution >= 0.6 is 7.82 Å². The van der Waals surface area contributed by atoms with Crippen LogP contribution in [0.4, 0.5) is 0 Å². The van der Waals surface area contributed by atoms with Gasteiger partial charge in [-0.1, -0.05) is 110 Å². The molecular formula is C26H54NO4P. The highest BCUT2D eigenvalue weighted by Crippen LogP contribution is 2.42. The first-order chi connectivity index (χ1) is 15.3. The molecule has 5 nitrogen and oxygen atoms in total. The Balaban J connectivity index is 1.81. The zero-order chi connectivity index (χ0) is 23.5. The van der Waals surface area contributed by atoms with Crippen LogP contribution in [0.2, 0.25) is 0 Å². The van der Waals surface area contributed by atoms with Crippen molar-refractivity contribution in [3.63, 3.8) is 0 Å². The number of nitrogens with zero attached hydrogens (tertiary/aromatic N) is 1. The summed E-state index contributed by atoms with van der Waals surface area (Å²) >= 11 is 0. The Labute approximate surface area is 199 Å². The van der Waals surface area contributed by atoms with Gasteiger partial charge in [0.1, 0.15) is 0 Å². The highest BCUT2D eigenvalue weighted by atomic mass is 31.2. The van der Waals surface area contributed by atoms with Gasteiger partial charge in [-0.25, -0.2) is 0 Å². The molecule has 32 heavy (non-hydrogen) atoms. The standard InChI is InChI=1S/C26H54NO4P/c1-4-5-6-7-8-9-10-11-12-13-14-15-16-17-18-19-20-25-30-32(28,29)31-26-21-23-27(2,3)24-22-26/h26H,4-25H2,1-3H3. The van der Waals surface area contributed by atoms with Gasteiger partial charge in [0, 0.05) is 12.8 Å². The van der Waals surface area contributed by atoms with Gasteiger partial charge in [0.2, 0.25) is 0 Å². The maximum atomic E-state index is 12.0. The summed E-state index contributed by atoms with van der Waals surface area (Å²) in [5.41, 5.74) is 0. The van der Waals surface area contributed by atoms with Crippen LogP contribution in [-0.4, -0.2) is 44.4 Å². The minimum absolute atomic E-state index is 0.208. The fourth-order valence-electron chi connectivity index (χ4n) is 4.56. The van der Waals surface area contributed by atoms with Crippen LogP contribution in [0.1, 0.15) is 129 Å². The third-order valence-corrected chi connectivity index (χ3v) is 7.94. The van der Waals surface area contributed by atoms with Gasteiger partial charge in [-0.2, -0.15) is 0 Å². The van der Waals surface area contributed by atoms with Gasteiger partial charge >= 0.3 is 0 Å². The molecule has 1 heterocycles. The largest absolute Gasteiger partial charge is 0.756 e. The molecule has 1 fully saturated rings. The Morgan fingerprint density at radius 2 is 1.09 bits per heavy atom. The summed E-state index contributed by atoms with van der Waals surface area (Å²) in [5, 5.41) is 0. The van der Waals surface area contributed by atoms with Crippen LogP contribution in [0.15, 0.2) is 0 Å². The lowest BCUT2D eigenvalue weighted by Gasteiger charge is -2.38. The monoisotopic (exact) mass is 475 g/mol. The zero-order valence-electron chi connectivity index (χ0n) is 21.7. The van der Waals surface area contributed by atoms with E-state index in [-0.39, 0.29) is 12.7 Å². The van der Waals surface area contributed by atoms with Gasteiger partial charge in [-0.15, -0.1) is 0 Å². The van der Waals surface area contributed by atoms with Crippen molar-refractivity contribution in [2.45, 2.75) is 135 Å². The van der Waals surface area contributed by atoms with E-state index in [0.717, 1.165) is 43.3 Å². The number of quaternary nitrogens is 1. The summed E-state index contributed by atoms with van der Waals surface area (Å²) in [4.78, 5) is 12.0. The van der Waals surface area contributed by atoms with Crippen LogP contribution in [-0.2, 0) is 13.6 Å². The van der Waals surface area contributed by atoms with Crippen molar-refractivity contribution in [2.24, 2.45) is 0 Å². The first-order valence-corrected chi connectivity index (χ1v) is 15.3. The molecule has 1 aliphatic heterocycles. The fraction of sp³-hybridized carbons (Fsp3) is 1.00. The number of likely N-dealkylation sites (tertiary alicyclic amines) is 1. The van der Waals surface area contributed by atoms with Crippen molar-refractivity contribution in [2.75, 3.05) is 33.8 Å². The highest BCUT2D eigenvalue weighted by Gasteiger charge is 2.29. The lowest BCUT2D eigenvalue weighted by atomic mass is 10.0. The molecule has 0 radical (unpaired) electrons. The van der Waals surface area contributed by atoms with Crippen LogP contribution in [0.5, 0.6) is 0 Å². The molecule has 0 aromatic carbocycles. The summed E-state index contributed by atoms with van der Waals surface area (Å²) in [5.74, 6) is 0. The second kappa shape index (κ2) is 18.4. The third-order valence-electron chi connectivity index (χ3n) is 6.89. The van der Waals surface area contributed by atoms with E-state index in [1.165, 1.54) is 96.3 Å². The van der Waals surface area contributed by atoms with E-state index in [9.17, 15) is 9.46 Å². The summed E-state index contributed by atoms with van der Waals surface area (Å²) in [6.45, 7) is 4.43. The van der Waals surface area contributed by atoms with Crippen LogP contribution < -0.4 is 4.89 Å². The predicted octanol–water partition coefficient (Wildman–Crippen LogP) is 7.38. The first-order valence-electron chi connectivity index (χ1n) is 13.8. The molecule has 0 aromatic heterocycles. The minimum Gasteiger partial charge on any atom is -0.756 e. The fourth-order valence-corrected chi connectivity index (χ4v) is 5.55. The molecule has 0 aromatic rings. The lowest BCUT2D eigenvalue weighted by Crippen LogP contribution is -2.48. The minimum atomic E-state index is -4.15. The molecule has 0 aliphatic carbocycles. The maximum absolute atomic E-state index is 12.0. The Morgan fingerprint density at radius 3 is 1.50 bits per heavy atom. The molecule has 0 N–H and O–H groups in total. The van der Waals surface area contributed by atoms with E-state index in [1.54, 1.807) is 0 Å². The summed E-state index contributed by atoms with van der Waals surface area (Å²) in [7, 11) is 0.185. The zero-order valence-corrected chi connectivity index (χ0v) is 22.6. The van der Waals surface area contributed by atoms with Gasteiger partial charge in [0.05, 0.1) is 39.9 Å². The Hall–Kier alpha value is 0.0700. The van der Waals surface area contributed by atoms with Crippen molar-refractivity contribution in [3.8, 4) is 0 Å².